The summed E-state index contributed by atoms with van der Waals surface area (Å²) < 4.78 is 139. The van der Waals surface area contributed by atoms with E-state index in [0.29, 0.717) is 48.4 Å². The predicted molar refractivity (Wildman–Crippen MR) is 331 cm³/mol. The smallest absolute Gasteiger partial charge is 0.417 e. The molecule has 1 amide bonds. The van der Waals surface area contributed by atoms with Gasteiger partial charge in [-0.1, -0.05) is 106 Å². The van der Waals surface area contributed by atoms with Crippen molar-refractivity contribution in [1.29, 1.82) is 0 Å². The summed E-state index contributed by atoms with van der Waals surface area (Å²) in [5.41, 5.74) is -4.84. The van der Waals surface area contributed by atoms with Crippen LogP contribution in [-0.4, -0.2) is 128 Å². The van der Waals surface area contributed by atoms with Crippen molar-refractivity contribution in [2.75, 3.05) is 56.9 Å². The summed E-state index contributed by atoms with van der Waals surface area (Å²) in [7, 11) is -0.382. The molecule has 0 aliphatic carbocycles. The third-order valence-electron chi connectivity index (χ3n) is 18.5. The standard InChI is InChI=1S/C68H75F6N7O7Si/c1-41-55(68(72,73)74)50(33-52(56(41)70)78(35-42-21-26-46(83-8)27-22-42)36-43-23-28-47(84-9)29-24-43)58-57(71)59-54-61(77-63(76-59)85-40-67-31-16-32-79(67)37-44(69)34-67)80-38-45-25-30-51(81(45)64(82)88-65(2,3)4)60(80)53(87-62(54)75-58)39-86-89(66(5,6)7,48-17-12-10-13-18-48)49-19-14-11-15-20-49/h10-15,17-24,26-29,33,44-45,51,53,60H,16,25,30-32,34-40H2,1-9H3/t44-,45-,51+,53?,60+,67+/m1/s1. The Bertz CT molecular complexity index is 3660. The van der Waals surface area contributed by atoms with Gasteiger partial charge in [-0.15, -0.1) is 0 Å². The number of rotatable bonds is 16. The zero-order valence-electron chi connectivity index (χ0n) is 51.6. The lowest BCUT2D eigenvalue weighted by atomic mass is 9.95. The molecule has 1 unspecified atom stereocenters. The Morgan fingerprint density at radius 2 is 1.42 bits per heavy atom. The molecular formula is C68H75F6N7O7Si. The van der Waals surface area contributed by atoms with Gasteiger partial charge in [0.1, 0.15) is 64.2 Å². The maximum absolute atomic E-state index is 18.9. The van der Waals surface area contributed by atoms with E-state index in [1.54, 1.807) is 79.1 Å². The second-order valence-corrected chi connectivity index (χ2v) is 30.6. The van der Waals surface area contributed by atoms with Gasteiger partial charge in [0.15, 0.2) is 5.82 Å². The Hall–Kier alpha value is -7.62. The molecule has 21 heteroatoms. The van der Waals surface area contributed by atoms with Crippen LogP contribution in [0.1, 0.15) is 95.9 Å². The molecule has 4 saturated heterocycles. The van der Waals surface area contributed by atoms with Crippen LogP contribution in [0.15, 0.2) is 115 Å². The minimum Gasteiger partial charge on any atom is -0.497 e. The molecule has 89 heavy (non-hydrogen) atoms. The number of carbonyl (C=O) groups is 1. The highest BCUT2D eigenvalue weighted by atomic mass is 28.4. The predicted octanol–water partition coefficient (Wildman–Crippen LogP) is 12.8. The summed E-state index contributed by atoms with van der Waals surface area (Å²) >= 11 is 0. The van der Waals surface area contributed by atoms with E-state index >= 15 is 26.3 Å². The van der Waals surface area contributed by atoms with E-state index in [4.69, 9.17) is 43.1 Å². The summed E-state index contributed by atoms with van der Waals surface area (Å²) in [4.78, 5) is 36.8. The lowest BCUT2D eigenvalue weighted by Gasteiger charge is -2.49. The largest absolute Gasteiger partial charge is 0.497 e. The normalized spacial score (nSPS) is 21.7. The number of hydrogen-bond acceptors (Lipinski definition) is 13. The molecule has 0 spiro atoms. The van der Waals surface area contributed by atoms with E-state index in [-0.39, 0.29) is 74.6 Å². The molecular weight excluding hydrogens is 1170 g/mol. The van der Waals surface area contributed by atoms with Crippen molar-refractivity contribution in [1.82, 2.24) is 24.8 Å². The topological polar surface area (TPSA) is 124 Å². The number of pyridine rings is 1. The monoisotopic (exact) mass is 1240 g/mol. The molecule has 470 valence electrons. The Balaban J connectivity index is 1.08. The Morgan fingerprint density at radius 3 is 1.99 bits per heavy atom. The van der Waals surface area contributed by atoms with Crippen LogP contribution in [0.5, 0.6) is 23.4 Å². The van der Waals surface area contributed by atoms with Gasteiger partial charge >= 0.3 is 18.3 Å². The number of hydrogen-bond donors (Lipinski definition) is 0. The van der Waals surface area contributed by atoms with Crippen LogP contribution < -0.4 is 39.1 Å². The van der Waals surface area contributed by atoms with Crippen molar-refractivity contribution in [3.05, 3.63) is 149 Å². The van der Waals surface area contributed by atoms with Gasteiger partial charge in [0.2, 0.25) is 5.88 Å². The lowest BCUT2D eigenvalue weighted by Crippen LogP contribution is -2.69. The summed E-state index contributed by atoms with van der Waals surface area (Å²) in [6, 6.07) is 32.7. The molecule has 6 atom stereocenters. The fourth-order valence-electron chi connectivity index (χ4n) is 14.5. The molecule has 4 fully saturated rings. The van der Waals surface area contributed by atoms with E-state index in [0.717, 1.165) is 29.8 Å². The van der Waals surface area contributed by atoms with Gasteiger partial charge < -0.3 is 37.9 Å². The minimum absolute atomic E-state index is 0.00868. The van der Waals surface area contributed by atoms with Gasteiger partial charge in [-0.2, -0.15) is 23.1 Å². The zero-order valence-corrected chi connectivity index (χ0v) is 52.6. The van der Waals surface area contributed by atoms with E-state index in [1.807, 2.05) is 41.3 Å². The number of nitrogens with zero attached hydrogens (tertiary/aromatic N) is 7. The third-order valence-corrected chi connectivity index (χ3v) is 23.5. The van der Waals surface area contributed by atoms with Crippen molar-refractivity contribution >= 4 is 47.2 Å². The number of ether oxygens (including phenoxy) is 5. The van der Waals surface area contributed by atoms with Crippen LogP contribution >= 0.6 is 0 Å². The summed E-state index contributed by atoms with van der Waals surface area (Å²) in [6.45, 7) is 13.6. The number of carbonyl (C=O) groups excluding carboxylic acids is 1. The van der Waals surface area contributed by atoms with Crippen LogP contribution in [-0.2, 0) is 28.4 Å². The molecule has 0 radical (unpaired) electrons. The van der Waals surface area contributed by atoms with Crippen molar-refractivity contribution < 1.29 is 59.2 Å². The van der Waals surface area contributed by atoms with Crippen molar-refractivity contribution in [2.45, 2.75) is 146 Å². The number of fused-ring (bicyclic) bond motifs is 6. The Labute approximate surface area is 516 Å². The minimum atomic E-state index is -5.27. The highest BCUT2D eigenvalue weighted by Crippen LogP contribution is 2.51. The number of amides is 1. The first-order chi connectivity index (χ1) is 42.4. The first-order valence-electron chi connectivity index (χ1n) is 30.4. The third kappa shape index (κ3) is 11.5. The van der Waals surface area contributed by atoms with Gasteiger partial charge in [-0.05, 0) is 122 Å². The second-order valence-electron chi connectivity index (χ2n) is 26.3. The SMILES string of the molecule is COc1ccc(CN(Cc2ccc(OC)cc2)c2cc(-c3nc4c5c(nc(OC[C@@]67CCCN6C[C@H](F)C7)nc5c3F)N3C[C@H]5CC[C@@H]([C@H]3C(CO[Si](c3ccccc3)(c3ccccc3)C(C)(C)C)O4)N5C(=O)OC(C)(C)C)c(C(F)(F)F)c(C)c2F)cc1. The number of piperazine rings is 1. The molecule has 5 aliphatic rings. The lowest BCUT2D eigenvalue weighted by molar-refractivity contribution is -0.137. The maximum atomic E-state index is 18.9. The molecule has 5 aliphatic heterocycles. The molecule has 0 saturated carbocycles. The fourth-order valence-corrected chi connectivity index (χ4v) is 19.1. The molecule has 2 aromatic heterocycles. The number of halogens is 6. The van der Waals surface area contributed by atoms with Crippen LogP contribution in [0.3, 0.4) is 0 Å². The fraction of sp³-hybridized carbons (Fsp3) is 0.441. The molecule has 0 N–H and O–H groups in total. The summed E-state index contributed by atoms with van der Waals surface area (Å²) in [5, 5.41) is 1.32. The quantitative estimate of drug-likeness (QED) is 0.0674. The van der Waals surface area contributed by atoms with Crippen LogP contribution in [0.4, 0.5) is 42.6 Å². The Morgan fingerprint density at radius 1 is 0.798 bits per heavy atom. The average molecular weight is 1240 g/mol. The van der Waals surface area contributed by atoms with E-state index in [1.165, 1.54) is 14.2 Å². The van der Waals surface area contributed by atoms with Gasteiger partial charge in [-0.3, -0.25) is 9.80 Å². The van der Waals surface area contributed by atoms with Crippen molar-refractivity contribution in [3.63, 3.8) is 0 Å². The molecule has 7 heterocycles. The highest BCUT2D eigenvalue weighted by Gasteiger charge is 2.57. The maximum Gasteiger partial charge on any atom is 0.417 e. The first-order valence-corrected chi connectivity index (χ1v) is 32.4. The first kappa shape index (κ1) is 61.6. The molecule has 12 rings (SSSR count). The van der Waals surface area contributed by atoms with Gasteiger partial charge in [0.25, 0.3) is 8.32 Å². The molecule has 5 aromatic carbocycles. The number of anilines is 2. The van der Waals surface area contributed by atoms with Crippen molar-refractivity contribution in [2.24, 2.45) is 0 Å². The molecule has 2 bridgehead atoms. The molecule has 14 nitrogen and oxygen atoms in total. The Kier molecular flexibility index (Phi) is 16.4. The van der Waals surface area contributed by atoms with Crippen LogP contribution in [0.25, 0.3) is 22.2 Å². The number of methoxy groups -OCH3 is 2. The number of aromatic nitrogens is 3. The van der Waals surface area contributed by atoms with Gasteiger partial charge in [-0.25, -0.2) is 22.9 Å². The van der Waals surface area contributed by atoms with E-state index in [2.05, 4.69) is 49.9 Å². The second kappa shape index (κ2) is 23.6. The summed E-state index contributed by atoms with van der Waals surface area (Å²) in [5.74, 6) is -1.54. The number of benzene rings is 5. The van der Waals surface area contributed by atoms with Gasteiger partial charge in [0, 0.05) is 38.2 Å². The van der Waals surface area contributed by atoms with Crippen molar-refractivity contribution in [3.8, 4) is 34.6 Å². The number of alkyl halides is 4. The van der Waals surface area contributed by atoms with Crippen LogP contribution in [0, 0.1) is 18.6 Å². The average Bonchev–Trinajstić information content (AvgIpc) is 1.80. The highest BCUT2D eigenvalue weighted by molar-refractivity contribution is 6.99. The zero-order chi connectivity index (χ0) is 63.0. The van der Waals surface area contributed by atoms with E-state index < -0.39 is 107 Å². The molecule has 7 aromatic rings. The van der Waals surface area contributed by atoms with Gasteiger partial charge in [0.05, 0.1) is 55.7 Å². The summed E-state index contributed by atoms with van der Waals surface area (Å²) in [6.07, 6.45) is -5.38. The van der Waals surface area contributed by atoms with Crippen LogP contribution in [0.2, 0.25) is 5.04 Å². The van der Waals surface area contributed by atoms with E-state index in [9.17, 15) is 4.79 Å².